The van der Waals surface area contributed by atoms with Gasteiger partial charge in [-0.05, 0) is 18.2 Å². The Balaban J connectivity index is 1.95. The minimum atomic E-state index is -0.742. The third kappa shape index (κ3) is 3.25. The van der Waals surface area contributed by atoms with Crippen molar-refractivity contribution in [2.75, 3.05) is 31.8 Å². The molecule has 0 spiro atoms. The van der Waals surface area contributed by atoms with Crippen LogP contribution in [0.2, 0.25) is 0 Å². The number of aromatic hydroxyl groups is 1. The molecule has 1 aromatic heterocycles. The molecule has 9 heteroatoms. The van der Waals surface area contributed by atoms with Crippen LogP contribution in [-0.4, -0.2) is 42.1 Å². The molecule has 2 aromatic carbocycles. The summed E-state index contributed by atoms with van der Waals surface area (Å²) < 4.78 is 5.22. The lowest BCUT2D eigenvalue weighted by Crippen LogP contribution is -2.36. The second-order valence-electron chi connectivity index (χ2n) is 6.11. The minimum Gasteiger partial charge on any atom is -0.504 e. The van der Waals surface area contributed by atoms with Gasteiger partial charge in [0, 0.05) is 20.3 Å². The van der Waals surface area contributed by atoms with Crippen molar-refractivity contribution in [2.24, 2.45) is 0 Å². The Bertz CT molecular complexity index is 1120. The first-order chi connectivity index (χ1) is 13.3. The molecule has 1 heterocycles. The Morgan fingerprint density at radius 3 is 2.25 bits per heavy atom. The number of benzene rings is 1. The Hall–Kier alpha value is -3.88. The zero-order valence-electron chi connectivity index (χ0n) is 15.4. The number of hydrogen-bond acceptors (Lipinski definition) is 8. The fourth-order valence-electron chi connectivity index (χ4n) is 2.57. The predicted octanol–water partition coefficient (Wildman–Crippen LogP) is 1.58. The number of methoxy groups -OCH3 is 1. The largest absolute Gasteiger partial charge is 0.504 e. The molecule has 0 fully saturated rings. The van der Waals surface area contributed by atoms with Gasteiger partial charge in [0.25, 0.3) is 16.8 Å². The number of para-hydroxylation sites is 2. The average molecular weight is 382 g/mol. The molecular formula is C19H18N4O5. The fourth-order valence-corrected chi connectivity index (χ4v) is 2.57. The number of hydrogen-bond donors (Lipinski definition) is 3. The van der Waals surface area contributed by atoms with Crippen molar-refractivity contribution >= 4 is 28.7 Å². The molecule has 0 aliphatic rings. The minimum absolute atomic E-state index is 0.0272. The number of nitrogens with one attached hydrogen (secondary N) is 2. The number of anilines is 4. The molecule has 0 aliphatic carbocycles. The van der Waals surface area contributed by atoms with Gasteiger partial charge in [0.2, 0.25) is 0 Å². The first-order valence-corrected chi connectivity index (χ1v) is 8.25. The molecule has 144 valence electrons. The van der Waals surface area contributed by atoms with Gasteiger partial charge < -0.3 is 25.4 Å². The van der Waals surface area contributed by atoms with E-state index in [1.54, 1.807) is 24.3 Å². The number of nitrogens with zero attached hydrogens (tertiary/aromatic N) is 2. The number of aromatic nitrogens is 1. The lowest BCUT2D eigenvalue weighted by atomic mass is 10.1. The zero-order valence-corrected chi connectivity index (χ0v) is 15.4. The number of rotatable bonds is 6. The van der Waals surface area contributed by atoms with Crippen LogP contribution in [0.4, 0.5) is 22.7 Å². The molecule has 9 nitrogen and oxygen atoms in total. The monoisotopic (exact) mass is 382 g/mol. The van der Waals surface area contributed by atoms with Crippen molar-refractivity contribution in [3.8, 4) is 11.5 Å². The number of pyridine rings is 1. The Morgan fingerprint density at radius 1 is 1.04 bits per heavy atom. The third-order valence-corrected chi connectivity index (χ3v) is 4.07. The summed E-state index contributed by atoms with van der Waals surface area (Å²) in [5, 5.41) is 15.9. The van der Waals surface area contributed by atoms with Gasteiger partial charge in [0.1, 0.15) is 17.1 Å². The van der Waals surface area contributed by atoms with E-state index in [-0.39, 0.29) is 22.8 Å². The fraction of sp³-hybridized carbons (Fsp3) is 0.158. The second kappa shape index (κ2) is 7.39. The number of amides is 1. The summed E-state index contributed by atoms with van der Waals surface area (Å²) in [6, 6.07) is 8.30. The summed E-state index contributed by atoms with van der Waals surface area (Å²) in [5.41, 5.74) is -1.03. The highest BCUT2D eigenvalue weighted by Crippen LogP contribution is 2.33. The molecule has 1 amide bonds. The summed E-state index contributed by atoms with van der Waals surface area (Å²) in [6.45, 7) is 0. The lowest BCUT2D eigenvalue weighted by molar-refractivity contribution is 0.0819. The Kier molecular flexibility index (Phi) is 4.99. The van der Waals surface area contributed by atoms with Crippen LogP contribution < -0.4 is 26.2 Å². The van der Waals surface area contributed by atoms with E-state index in [2.05, 4.69) is 15.6 Å². The van der Waals surface area contributed by atoms with Crippen molar-refractivity contribution in [3.05, 3.63) is 62.7 Å². The van der Waals surface area contributed by atoms with E-state index in [9.17, 15) is 19.5 Å². The van der Waals surface area contributed by atoms with Crippen LogP contribution in [0.25, 0.3) is 0 Å². The van der Waals surface area contributed by atoms with Gasteiger partial charge in [0.15, 0.2) is 11.4 Å². The van der Waals surface area contributed by atoms with E-state index in [0.717, 1.165) is 0 Å². The van der Waals surface area contributed by atoms with Gasteiger partial charge in [-0.15, -0.1) is 0 Å². The second-order valence-corrected chi connectivity index (χ2v) is 6.11. The first-order valence-electron chi connectivity index (χ1n) is 8.25. The summed E-state index contributed by atoms with van der Waals surface area (Å²) in [4.78, 5) is 41.3. The molecule has 0 radical (unpaired) electrons. The number of carbonyl (C=O) groups excluding carboxylic acids is 1. The maximum Gasteiger partial charge on any atom is 0.275 e. The molecule has 0 saturated heterocycles. The molecule has 3 rings (SSSR count). The van der Waals surface area contributed by atoms with Gasteiger partial charge in [-0.3, -0.25) is 14.4 Å². The summed E-state index contributed by atoms with van der Waals surface area (Å²) in [5.74, 6) is -0.428. The molecule has 0 bridgehead atoms. The molecule has 28 heavy (non-hydrogen) atoms. The molecule has 3 N–H and O–H groups in total. The maximum absolute atomic E-state index is 12.1. The highest BCUT2D eigenvalue weighted by molar-refractivity contribution is 5.97. The predicted molar refractivity (Wildman–Crippen MR) is 105 cm³/mol. The molecule has 0 aliphatic heterocycles. The molecule has 0 unspecified atom stereocenters. The summed E-state index contributed by atoms with van der Waals surface area (Å²) in [7, 11) is 4.53. The van der Waals surface area contributed by atoms with E-state index < -0.39 is 22.5 Å². The van der Waals surface area contributed by atoms with E-state index in [4.69, 9.17) is 4.74 Å². The van der Waals surface area contributed by atoms with Crippen LogP contribution in [-0.2, 0) is 0 Å². The lowest BCUT2D eigenvalue weighted by Gasteiger charge is -2.18. The van der Waals surface area contributed by atoms with Crippen molar-refractivity contribution in [3.63, 3.8) is 0 Å². The molecule has 0 atom stereocenters. The van der Waals surface area contributed by atoms with E-state index in [0.29, 0.717) is 11.4 Å². The first kappa shape index (κ1) is 18.9. The van der Waals surface area contributed by atoms with Crippen LogP contribution in [0.3, 0.4) is 0 Å². The zero-order chi connectivity index (χ0) is 20.4. The smallest absolute Gasteiger partial charge is 0.275 e. The third-order valence-electron chi connectivity index (χ3n) is 4.07. The Labute approximate surface area is 159 Å². The SMILES string of the molecule is COc1ccccc1Nc1c(Nc2ccnc(C(=O)N(C)C)c2O)c(=O)c1=O. The number of carbonyl (C=O) groups is 1. The van der Waals surface area contributed by atoms with Gasteiger partial charge in [0.05, 0.1) is 18.5 Å². The van der Waals surface area contributed by atoms with Crippen LogP contribution in [0.15, 0.2) is 46.1 Å². The Morgan fingerprint density at radius 2 is 1.64 bits per heavy atom. The maximum atomic E-state index is 12.1. The van der Waals surface area contributed by atoms with Crippen molar-refractivity contribution in [2.45, 2.75) is 0 Å². The van der Waals surface area contributed by atoms with Gasteiger partial charge in [-0.1, -0.05) is 12.1 Å². The topological polar surface area (TPSA) is 121 Å². The van der Waals surface area contributed by atoms with Crippen LogP contribution in [0.5, 0.6) is 11.5 Å². The van der Waals surface area contributed by atoms with E-state index in [1.807, 2.05) is 0 Å². The molecular weight excluding hydrogens is 364 g/mol. The normalized spacial score (nSPS) is 10.5. The van der Waals surface area contributed by atoms with Gasteiger partial charge >= 0.3 is 0 Å². The molecule has 3 aromatic rings. The quantitative estimate of drug-likeness (QED) is 0.550. The van der Waals surface area contributed by atoms with Crippen LogP contribution >= 0.6 is 0 Å². The summed E-state index contributed by atoms with van der Waals surface area (Å²) in [6.07, 6.45) is 1.32. The van der Waals surface area contributed by atoms with Crippen molar-refractivity contribution in [1.29, 1.82) is 0 Å². The van der Waals surface area contributed by atoms with Crippen molar-refractivity contribution < 1.29 is 14.6 Å². The summed E-state index contributed by atoms with van der Waals surface area (Å²) >= 11 is 0. The van der Waals surface area contributed by atoms with E-state index in [1.165, 1.54) is 38.4 Å². The number of ether oxygens (including phenoxy) is 1. The van der Waals surface area contributed by atoms with Crippen LogP contribution in [0.1, 0.15) is 10.5 Å². The standard InChI is InChI=1S/C19H18N4O5/c1-23(2)19(27)15-16(24)11(8-9-20-15)22-14-13(17(25)18(14)26)21-10-6-4-5-7-12(10)28-3/h4-9,21,24H,1-3H3,(H,20,22). The van der Waals surface area contributed by atoms with E-state index >= 15 is 0 Å². The van der Waals surface area contributed by atoms with Crippen molar-refractivity contribution in [1.82, 2.24) is 9.88 Å². The highest BCUT2D eigenvalue weighted by Gasteiger charge is 2.24. The van der Waals surface area contributed by atoms with Gasteiger partial charge in [-0.25, -0.2) is 4.98 Å². The van der Waals surface area contributed by atoms with Gasteiger partial charge in [-0.2, -0.15) is 0 Å². The average Bonchev–Trinajstić information content (AvgIpc) is 2.71. The highest BCUT2D eigenvalue weighted by atomic mass is 16.5. The van der Waals surface area contributed by atoms with Crippen LogP contribution in [0, 0.1) is 0 Å². The molecule has 0 saturated carbocycles.